The largest absolute Gasteiger partial charge is 0.354 e. The van der Waals surface area contributed by atoms with Crippen LogP contribution < -0.4 is 9.62 Å². The molecule has 0 fully saturated rings. The van der Waals surface area contributed by atoms with Crippen LogP contribution in [-0.2, 0) is 32.6 Å². The molecule has 0 heterocycles. The van der Waals surface area contributed by atoms with Gasteiger partial charge in [0.05, 0.1) is 11.9 Å². The zero-order chi connectivity index (χ0) is 28.6. The number of carbonyl (C=O) groups excluding carboxylic acids is 2. The van der Waals surface area contributed by atoms with Gasteiger partial charge in [0.25, 0.3) is 0 Å². The first kappa shape index (κ1) is 30.8. The maximum atomic E-state index is 14.0. The van der Waals surface area contributed by atoms with Crippen molar-refractivity contribution in [3.05, 3.63) is 98.9 Å². The van der Waals surface area contributed by atoms with Gasteiger partial charge < -0.3 is 10.2 Å². The van der Waals surface area contributed by atoms with Crippen LogP contribution in [0.15, 0.2) is 87.8 Å². The molecule has 0 aliphatic carbocycles. The highest BCUT2D eigenvalue weighted by Crippen LogP contribution is 2.23. The molecule has 1 atom stereocenters. The standard InChI is InChI=1S/C29H33Br2N3O4S/c1-21(2)18-32-29(36)27(17-22-7-5-4-6-8-22)33(19-23-9-11-24(30)12-10-23)28(35)20-34(39(3,37)38)26-15-13-25(31)14-16-26/h4-16,21,27H,17-20H2,1-3H3,(H,32,36)/t27-/m1/s1. The fourth-order valence-electron chi connectivity index (χ4n) is 3.98. The normalized spacial score (nSPS) is 12.2. The van der Waals surface area contributed by atoms with Gasteiger partial charge in [-0.15, -0.1) is 0 Å². The average Bonchev–Trinajstić information content (AvgIpc) is 2.89. The zero-order valence-corrected chi connectivity index (χ0v) is 26.2. The van der Waals surface area contributed by atoms with Crippen LogP contribution >= 0.6 is 31.9 Å². The lowest BCUT2D eigenvalue weighted by Crippen LogP contribution is -2.53. The lowest BCUT2D eigenvalue weighted by atomic mass is 10.0. The molecule has 7 nitrogen and oxygen atoms in total. The number of amides is 2. The number of nitrogens with zero attached hydrogens (tertiary/aromatic N) is 2. The van der Waals surface area contributed by atoms with E-state index in [-0.39, 0.29) is 24.8 Å². The number of carbonyl (C=O) groups is 2. The van der Waals surface area contributed by atoms with E-state index in [9.17, 15) is 18.0 Å². The van der Waals surface area contributed by atoms with Crippen molar-refractivity contribution >= 4 is 59.4 Å². The van der Waals surface area contributed by atoms with Gasteiger partial charge in [0, 0.05) is 28.5 Å². The van der Waals surface area contributed by atoms with Crippen LogP contribution in [0, 0.1) is 5.92 Å². The summed E-state index contributed by atoms with van der Waals surface area (Å²) < 4.78 is 28.3. The van der Waals surface area contributed by atoms with E-state index in [0.717, 1.165) is 30.6 Å². The molecule has 0 aromatic heterocycles. The van der Waals surface area contributed by atoms with E-state index in [1.54, 1.807) is 24.3 Å². The van der Waals surface area contributed by atoms with Crippen molar-refractivity contribution in [2.75, 3.05) is 23.7 Å². The minimum Gasteiger partial charge on any atom is -0.354 e. The van der Waals surface area contributed by atoms with Gasteiger partial charge in [-0.1, -0.05) is 88.2 Å². The Kier molecular flexibility index (Phi) is 11.1. The number of hydrogen-bond donors (Lipinski definition) is 1. The van der Waals surface area contributed by atoms with Crippen LogP contribution in [0.25, 0.3) is 0 Å². The Morgan fingerprint density at radius 1 is 0.846 bits per heavy atom. The molecular weight excluding hydrogens is 646 g/mol. The van der Waals surface area contributed by atoms with E-state index in [4.69, 9.17) is 0 Å². The third-order valence-electron chi connectivity index (χ3n) is 6.02. The first-order valence-corrected chi connectivity index (χ1v) is 16.0. The number of rotatable bonds is 12. The van der Waals surface area contributed by atoms with Crippen LogP contribution in [-0.4, -0.2) is 50.5 Å². The number of sulfonamides is 1. The topological polar surface area (TPSA) is 86.8 Å². The third kappa shape index (κ3) is 9.47. The number of halogens is 2. The van der Waals surface area contributed by atoms with E-state index >= 15 is 0 Å². The Balaban J connectivity index is 2.03. The SMILES string of the molecule is CC(C)CNC(=O)[C@@H](Cc1ccccc1)N(Cc1ccc(Br)cc1)C(=O)CN(c1ccc(Br)cc1)S(C)(=O)=O. The first-order valence-electron chi connectivity index (χ1n) is 12.5. The van der Waals surface area contributed by atoms with E-state index in [1.165, 1.54) is 4.90 Å². The number of nitrogens with one attached hydrogen (secondary N) is 1. The molecule has 39 heavy (non-hydrogen) atoms. The van der Waals surface area contributed by atoms with Crippen LogP contribution in [0.2, 0.25) is 0 Å². The van der Waals surface area contributed by atoms with Crippen molar-refractivity contribution < 1.29 is 18.0 Å². The Morgan fingerprint density at radius 3 is 1.95 bits per heavy atom. The van der Waals surface area contributed by atoms with Crippen LogP contribution in [0.4, 0.5) is 5.69 Å². The Labute approximate surface area is 247 Å². The highest BCUT2D eigenvalue weighted by molar-refractivity contribution is 9.10. The molecule has 208 valence electrons. The molecule has 0 aliphatic rings. The molecule has 0 saturated heterocycles. The van der Waals surface area contributed by atoms with Gasteiger partial charge in [-0.2, -0.15) is 0 Å². The maximum Gasteiger partial charge on any atom is 0.244 e. The molecular formula is C29H33Br2N3O4S. The lowest BCUT2D eigenvalue weighted by Gasteiger charge is -2.33. The molecule has 3 aromatic carbocycles. The summed E-state index contributed by atoms with van der Waals surface area (Å²) in [6.45, 7) is 4.15. The number of benzene rings is 3. The molecule has 0 saturated carbocycles. The third-order valence-corrected chi connectivity index (χ3v) is 8.21. The highest BCUT2D eigenvalue weighted by Gasteiger charge is 2.33. The number of anilines is 1. The van der Waals surface area contributed by atoms with Crippen LogP contribution in [0.3, 0.4) is 0 Å². The minimum atomic E-state index is -3.80. The molecule has 1 N–H and O–H groups in total. The molecule has 0 radical (unpaired) electrons. The Bertz CT molecular complexity index is 1350. The Morgan fingerprint density at radius 2 is 1.41 bits per heavy atom. The summed E-state index contributed by atoms with van der Waals surface area (Å²) in [6.07, 6.45) is 1.35. The molecule has 0 aliphatic heterocycles. The van der Waals surface area contributed by atoms with Crippen molar-refractivity contribution in [1.29, 1.82) is 0 Å². The van der Waals surface area contributed by atoms with Crippen molar-refractivity contribution in [3.63, 3.8) is 0 Å². The van der Waals surface area contributed by atoms with Crippen molar-refractivity contribution in [2.45, 2.75) is 32.9 Å². The van der Waals surface area contributed by atoms with Gasteiger partial charge in [0.15, 0.2) is 0 Å². The second-order valence-corrected chi connectivity index (χ2v) is 13.5. The van der Waals surface area contributed by atoms with Gasteiger partial charge in [0.2, 0.25) is 21.8 Å². The maximum absolute atomic E-state index is 14.0. The van der Waals surface area contributed by atoms with Crippen LogP contribution in [0.1, 0.15) is 25.0 Å². The monoisotopic (exact) mass is 677 g/mol. The van der Waals surface area contributed by atoms with E-state index in [1.807, 2.05) is 68.4 Å². The van der Waals surface area contributed by atoms with Crippen molar-refractivity contribution in [2.24, 2.45) is 5.92 Å². The molecule has 2 amide bonds. The molecule has 0 spiro atoms. The second kappa shape index (κ2) is 14.1. The molecule has 3 rings (SSSR count). The lowest BCUT2D eigenvalue weighted by molar-refractivity contribution is -0.140. The van der Waals surface area contributed by atoms with Gasteiger partial charge in [-0.3, -0.25) is 13.9 Å². The van der Waals surface area contributed by atoms with E-state index in [0.29, 0.717) is 12.2 Å². The van der Waals surface area contributed by atoms with Crippen molar-refractivity contribution in [1.82, 2.24) is 10.2 Å². The van der Waals surface area contributed by atoms with Gasteiger partial charge in [0.1, 0.15) is 12.6 Å². The highest BCUT2D eigenvalue weighted by atomic mass is 79.9. The predicted octanol–water partition coefficient (Wildman–Crippen LogP) is 5.39. The quantitative estimate of drug-likeness (QED) is 0.278. The van der Waals surface area contributed by atoms with Gasteiger partial charge in [-0.25, -0.2) is 8.42 Å². The molecule has 10 heteroatoms. The summed E-state index contributed by atoms with van der Waals surface area (Å²) in [5.74, 6) is -0.542. The summed E-state index contributed by atoms with van der Waals surface area (Å²) in [5, 5.41) is 2.98. The van der Waals surface area contributed by atoms with E-state index < -0.39 is 28.5 Å². The summed E-state index contributed by atoms with van der Waals surface area (Å²) in [7, 11) is -3.80. The Hall–Kier alpha value is -2.69. The zero-order valence-electron chi connectivity index (χ0n) is 22.2. The van der Waals surface area contributed by atoms with Crippen LogP contribution in [0.5, 0.6) is 0 Å². The smallest absolute Gasteiger partial charge is 0.244 e. The molecule has 0 bridgehead atoms. The average molecular weight is 679 g/mol. The summed E-state index contributed by atoms with van der Waals surface area (Å²) in [6, 6.07) is 22.8. The predicted molar refractivity (Wildman–Crippen MR) is 163 cm³/mol. The summed E-state index contributed by atoms with van der Waals surface area (Å²) in [5.41, 5.74) is 2.07. The fraction of sp³-hybridized carbons (Fsp3) is 0.310. The summed E-state index contributed by atoms with van der Waals surface area (Å²) >= 11 is 6.80. The molecule has 3 aromatic rings. The van der Waals surface area contributed by atoms with Gasteiger partial charge >= 0.3 is 0 Å². The minimum absolute atomic E-state index is 0.136. The van der Waals surface area contributed by atoms with Gasteiger partial charge in [-0.05, 0) is 53.4 Å². The van der Waals surface area contributed by atoms with E-state index in [2.05, 4.69) is 37.2 Å². The first-order chi connectivity index (χ1) is 18.4. The fourth-order valence-corrected chi connectivity index (χ4v) is 5.36. The summed E-state index contributed by atoms with van der Waals surface area (Å²) in [4.78, 5) is 29.1. The number of hydrogen-bond acceptors (Lipinski definition) is 4. The van der Waals surface area contributed by atoms with Crippen molar-refractivity contribution in [3.8, 4) is 0 Å². The second-order valence-electron chi connectivity index (χ2n) is 9.74. The molecule has 0 unspecified atom stereocenters.